The van der Waals surface area contributed by atoms with Gasteiger partial charge in [0.25, 0.3) is 0 Å². The highest BCUT2D eigenvalue weighted by Gasteiger charge is 2.20. The first kappa shape index (κ1) is 13.9. The number of halogens is 1. The van der Waals surface area contributed by atoms with Crippen molar-refractivity contribution in [2.75, 3.05) is 11.4 Å². The largest absolute Gasteiger partial charge is 0.368 e. The van der Waals surface area contributed by atoms with Gasteiger partial charge in [-0.05, 0) is 43.4 Å². The predicted molar refractivity (Wildman–Crippen MR) is 83.7 cm³/mol. The Morgan fingerprint density at radius 3 is 2.78 bits per heavy atom. The molecule has 1 heterocycles. The number of nitrogens with zero attached hydrogens (tertiary/aromatic N) is 1. The number of rotatable bonds is 3. The van der Waals surface area contributed by atoms with Crippen LogP contribution >= 0.6 is 15.9 Å². The monoisotopic (exact) mass is 309 g/mol. The molecular formula is C16H24BrN. The minimum atomic E-state index is 0.737. The smallest absolute Gasteiger partial charge is 0.0398 e. The quantitative estimate of drug-likeness (QED) is 0.706. The average molecular weight is 310 g/mol. The Labute approximate surface area is 120 Å². The highest BCUT2D eigenvalue weighted by Crippen LogP contribution is 2.29. The van der Waals surface area contributed by atoms with E-state index in [2.05, 4.69) is 52.9 Å². The van der Waals surface area contributed by atoms with Gasteiger partial charge in [-0.1, -0.05) is 47.8 Å². The molecule has 1 aromatic rings. The van der Waals surface area contributed by atoms with Crippen LogP contribution in [0.25, 0.3) is 0 Å². The van der Waals surface area contributed by atoms with E-state index in [0.717, 1.165) is 11.4 Å². The molecule has 0 bridgehead atoms. The van der Waals surface area contributed by atoms with Crippen LogP contribution < -0.4 is 4.90 Å². The fourth-order valence-electron chi connectivity index (χ4n) is 3.04. The Morgan fingerprint density at radius 2 is 2.11 bits per heavy atom. The van der Waals surface area contributed by atoms with Gasteiger partial charge in [-0.25, -0.2) is 0 Å². The minimum Gasteiger partial charge on any atom is -0.368 e. The molecule has 1 atom stereocenters. The lowest BCUT2D eigenvalue weighted by molar-refractivity contribution is 0.555. The summed E-state index contributed by atoms with van der Waals surface area (Å²) in [6, 6.07) is 7.64. The van der Waals surface area contributed by atoms with E-state index in [1.807, 2.05) is 0 Å². The van der Waals surface area contributed by atoms with Crippen LogP contribution in [0.15, 0.2) is 18.2 Å². The van der Waals surface area contributed by atoms with Crippen molar-refractivity contribution in [2.45, 2.75) is 57.3 Å². The van der Waals surface area contributed by atoms with Gasteiger partial charge in [0, 0.05) is 23.6 Å². The number of alkyl halides is 1. The zero-order valence-corrected chi connectivity index (χ0v) is 13.2. The molecule has 100 valence electrons. The van der Waals surface area contributed by atoms with E-state index in [0.29, 0.717) is 0 Å². The maximum Gasteiger partial charge on any atom is 0.0398 e. The zero-order chi connectivity index (χ0) is 13.0. The number of benzene rings is 1. The van der Waals surface area contributed by atoms with Crippen molar-refractivity contribution in [1.82, 2.24) is 0 Å². The highest BCUT2D eigenvalue weighted by atomic mass is 79.9. The molecule has 0 saturated carbocycles. The van der Waals surface area contributed by atoms with Gasteiger partial charge in [-0.15, -0.1) is 0 Å². The topological polar surface area (TPSA) is 3.24 Å². The van der Waals surface area contributed by atoms with Crippen molar-refractivity contribution in [3.63, 3.8) is 0 Å². The minimum absolute atomic E-state index is 0.737. The predicted octanol–water partition coefficient (Wildman–Crippen LogP) is 5.05. The zero-order valence-electron chi connectivity index (χ0n) is 11.6. The molecule has 1 saturated heterocycles. The third-order valence-electron chi connectivity index (χ3n) is 4.07. The molecule has 1 fully saturated rings. The summed E-state index contributed by atoms with van der Waals surface area (Å²) in [6.07, 6.45) is 6.75. The molecule has 0 spiro atoms. The van der Waals surface area contributed by atoms with Gasteiger partial charge in [0.2, 0.25) is 0 Å². The van der Waals surface area contributed by atoms with Crippen LogP contribution in [0.1, 0.15) is 50.2 Å². The van der Waals surface area contributed by atoms with Crippen molar-refractivity contribution in [1.29, 1.82) is 0 Å². The van der Waals surface area contributed by atoms with Crippen LogP contribution in [0.4, 0.5) is 5.69 Å². The molecule has 1 aliphatic heterocycles. The SMILES string of the molecule is CCC1CCCCCN1c1ccc(CBr)cc1C. The van der Waals surface area contributed by atoms with Crippen molar-refractivity contribution >= 4 is 21.6 Å². The summed E-state index contributed by atoms with van der Waals surface area (Å²) < 4.78 is 0. The number of anilines is 1. The van der Waals surface area contributed by atoms with Crippen molar-refractivity contribution in [2.24, 2.45) is 0 Å². The first-order chi connectivity index (χ1) is 8.76. The molecule has 0 amide bonds. The lowest BCUT2D eigenvalue weighted by atomic mass is 10.0. The van der Waals surface area contributed by atoms with E-state index in [9.17, 15) is 0 Å². The second-order valence-corrected chi connectivity index (χ2v) is 5.92. The van der Waals surface area contributed by atoms with Gasteiger partial charge in [0.15, 0.2) is 0 Å². The Hall–Kier alpha value is -0.500. The second-order valence-electron chi connectivity index (χ2n) is 5.36. The molecule has 2 heteroatoms. The second kappa shape index (κ2) is 6.60. The summed E-state index contributed by atoms with van der Waals surface area (Å²) in [5.74, 6) is 0. The third kappa shape index (κ3) is 3.09. The molecule has 0 aliphatic carbocycles. The van der Waals surface area contributed by atoms with Gasteiger partial charge in [0.05, 0.1) is 0 Å². The standard InChI is InChI=1S/C16H24BrN/c1-3-15-7-5-4-6-10-18(15)16-9-8-14(12-17)11-13(16)2/h8-9,11,15H,3-7,10,12H2,1-2H3. The maximum absolute atomic E-state index is 3.54. The molecule has 1 unspecified atom stereocenters. The lowest BCUT2D eigenvalue weighted by Gasteiger charge is -2.33. The van der Waals surface area contributed by atoms with E-state index < -0.39 is 0 Å². The molecule has 2 rings (SSSR count). The third-order valence-corrected chi connectivity index (χ3v) is 4.72. The van der Waals surface area contributed by atoms with Crippen molar-refractivity contribution in [3.8, 4) is 0 Å². The Kier molecular flexibility index (Phi) is 5.11. The fraction of sp³-hybridized carbons (Fsp3) is 0.625. The first-order valence-corrected chi connectivity index (χ1v) is 8.30. The highest BCUT2D eigenvalue weighted by molar-refractivity contribution is 9.08. The molecule has 0 N–H and O–H groups in total. The summed E-state index contributed by atoms with van der Waals surface area (Å²) in [4.78, 5) is 2.65. The number of hydrogen-bond donors (Lipinski definition) is 0. The van der Waals surface area contributed by atoms with E-state index in [-0.39, 0.29) is 0 Å². The molecule has 1 aliphatic rings. The van der Waals surface area contributed by atoms with Crippen molar-refractivity contribution in [3.05, 3.63) is 29.3 Å². The van der Waals surface area contributed by atoms with E-state index in [4.69, 9.17) is 0 Å². The first-order valence-electron chi connectivity index (χ1n) is 7.18. The summed E-state index contributed by atoms with van der Waals surface area (Å²) >= 11 is 3.54. The summed E-state index contributed by atoms with van der Waals surface area (Å²) in [5.41, 5.74) is 4.25. The normalized spacial score (nSPS) is 20.8. The Bertz CT molecular complexity index is 389. The maximum atomic E-state index is 3.54. The van der Waals surface area contributed by atoms with Gasteiger partial charge < -0.3 is 4.90 Å². The molecule has 0 radical (unpaired) electrons. The summed E-state index contributed by atoms with van der Waals surface area (Å²) in [5, 5.41) is 0.950. The van der Waals surface area contributed by atoms with Gasteiger partial charge in [0.1, 0.15) is 0 Å². The van der Waals surface area contributed by atoms with E-state index in [1.54, 1.807) is 0 Å². The number of hydrogen-bond acceptors (Lipinski definition) is 1. The van der Waals surface area contributed by atoms with Crippen molar-refractivity contribution < 1.29 is 0 Å². The van der Waals surface area contributed by atoms with E-state index in [1.165, 1.54) is 55.5 Å². The lowest BCUT2D eigenvalue weighted by Crippen LogP contribution is -2.34. The van der Waals surface area contributed by atoms with E-state index >= 15 is 0 Å². The van der Waals surface area contributed by atoms with Gasteiger partial charge in [-0.2, -0.15) is 0 Å². The van der Waals surface area contributed by atoms with Gasteiger partial charge in [-0.3, -0.25) is 0 Å². The fourth-order valence-corrected chi connectivity index (χ4v) is 3.39. The number of aryl methyl sites for hydroxylation is 1. The molecule has 0 aromatic heterocycles. The van der Waals surface area contributed by atoms with Gasteiger partial charge >= 0.3 is 0 Å². The van der Waals surface area contributed by atoms with Crippen LogP contribution in [0, 0.1) is 6.92 Å². The average Bonchev–Trinajstić information content (AvgIpc) is 2.63. The molecule has 1 nitrogen and oxygen atoms in total. The summed E-state index contributed by atoms with van der Waals surface area (Å²) in [7, 11) is 0. The Morgan fingerprint density at radius 1 is 1.28 bits per heavy atom. The molecular weight excluding hydrogens is 286 g/mol. The molecule has 18 heavy (non-hydrogen) atoms. The van der Waals surface area contributed by atoms with Crippen LogP contribution in [-0.2, 0) is 5.33 Å². The Balaban J connectivity index is 2.27. The summed E-state index contributed by atoms with van der Waals surface area (Å²) in [6.45, 7) is 5.80. The molecule has 1 aromatic carbocycles. The van der Waals surface area contributed by atoms with Crippen LogP contribution in [0.2, 0.25) is 0 Å². The van der Waals surface area contributed by atoms with Crippen LogP contribution in [-0.4, -0.2) is 12.6 Å². The van der Waals surface area contributed by atoms with Crippen LogP contribution in [0.3, 0.4) is 0 Å². The van der Waals surface area contributed by atoms with Crippen LogP contribution in [0.5, 0.6) is 0 Å².